The van der Waals surface area contributed by atoms with Crippen LogP contribution in [0, 0.1) is 40.4 Å². The van der Waals surface area contributed by atoms with Crippen LogP contribution >= 0.6 is 12.2 Å². The second-order valence-electron chi connectivity index (χ2n) is 11.7. The van der Waals surface area contributed by atoms with E-state index in [0.717, 1.165) is 54.5 Å². The number of amides is 1. The van der Waals surface area contributed by atoms with Gasteiger partial charge < -0.3 is 10.2 Å². The first-order chi connectivity index (χ1) is 13.7. The van der Waals surface area contributed by atoms with E-state index in [9.17, 15) is 4.79 Å². The van der Waals surface area contributed by atoms with Gasteiger partial charge in [-0.3, -0.25) is 4.79 Å². The minimum absolute atomic E-state index is 0.335. The summed E-state index contributed by atoms with van der Waals surface area (Å²) in [5, 5.41) is 3.64. The highest BCUT2D eigenvalue weighted by molar-refractivity contribution is 7.80. The molecule has 1 aliphatic heterocycles. The summed E-state index contributed by atoms with van der Waals surface area (Å²) in [5.41, 5.74) is 0.809. The zero-order valence-electron chi connectivity index (χ0n) is 19.3. The molecule has 3 aliphatic carbocycles. The Labute approximate surface area is 183 Å². The Kier molecular flexibility index (Phi) is 5.81. The monoisotopic (exact) mass is 418 g/mol. The molecule has 0 spiro atoms. The lowest BCUT2D eigenvalue weighted by Crippen LogP contribution is -2.61. The number of thiocarbonyl (C=S) groups is 1. The summed E-state index contributed by atoms with van der Waals surface area (Å²) in [6.07, 6.45) is 10.9. The average molecular weight is 419 g/mol. The molecular formula is C25H42N2OS. The van der Waals surface area contributed by atoms with E-state index < -0.39 is 0 Å². The van der Waals surface area contributed by atoms with Gasteiger partial charge in [-0.05, 0) is 85.4 Å². The summed E-state index contributed by atoms with van der Waals surface area (Å²) in [5.74, 6) is 4.31. The van der Waals surface area contributed by atoms with Crippen LogP contribution in [0.4, 0.5) is 0 Å². The summed E-state index contributed by atoms with van der Waals surface area (Å²) >= 11 is 5.60. The Hall–Kier alpha value is -0.640. The zero-order chi connectivity index (χ0) is 21.0. The van der Waals surface area contributed by atoms with Gasteiger partial charge in [0.05, 0.1) is 4.99 Å². The van der Waals surface area contributed by atoms with Gasteiger partial charge >= 0.3 is 0 Å². The van der Waals surface area contributed by atoms with Crippen molar-refractivity contribution in [1.29, 1.82) is 0 Å². The van der Waals surface area contributed by atoms with Crippen LogP contribution in [0.2, 0.25) is 0 Å². The highest BCUT2D eigenvalue weighted by atomic mass is 32.1. The number of rotatable bonds is 4. The van der Waals surface area contributed by atoms with Gasteiger partial charge in [-0.1, -0.05) is 39.9 Å². The lowest BCUT2D eigenvalue weighted by Gasteiger charge is -2.61. The molecule has 1 heterocycles. The molecule has 3 saturated carbocycles. The quantitative estimate of drug-likeness (QED) is 0.618. The molecule has 4 fully saturated rings. The van der Waals surface area contributed by atoms with E-state index in [1.807, 2.05) is 0 Å². The lowest BCUT2D eigenvalue weighted by molar-refractivity contribution is -0.158. The Bertz CT molecular complexity index is 663. The van der Waals surface area contributed by atoms with Gasteiger partial charge in [0.15, 0.2) is 0 Å². The van der Waals surface area contributed by atoms with Crippen molar-refractivity contribution >= 4 is 23.1 Å². The SMILES string of the molecule is CC(C)CC(=S)NCC1CC[C@H]2[C@@H]3CCC4N(C)C(=O)CC[C@]4(C)[C@@H]3CC[C@]12C. The lowest BCUT2D eigenvalue weighted by atomic mass is 9.47. The van der Waals surface area contributed by atoms with Crippen molar-refractivity contribution in [2.24, 2.45) is 40.4 Å². The maximum atomic E-state index is 12.3. The first-order valence-electron chi connectivity index (χ1n) is 12.2. The average Bonchev–Trinajstić information content (AvgIpc) is 2.99. The van der Waals surface area contributed by atoms with Crippen molar-refractivity contribution in [2.45, 2.75) is 91.5 Å². The third-order valence-electron chi connectivity index (χ3n) is 9.89. The topological polar surface area (TPSA) is 32.3 Å². The smallest absolute Gasteiger partial charge is 0.222 e. The maximum absolute atomic E-state index is 12.3. The summed E-state index contributed by atoms with van der Waals surface area (Å²) in [7, 11) is 2.06. The van der Waals surface area contributed by atoms with Crippen LogP contribution in [-0.4, -0.2) is 35.4 Å². The van der Waals surface area contributed by atoms with E-state index in [2.05, 4.69) is 45.0 Å². The molecular weight excluding hydrogens is 376 g/mol. The van der Waals surface area contributed by atoms with Crippen LogP contribution in [0.25, 0.3) is 0 Å². The molecule has 1 amide bonds. The van der Waals surface area contributed by atoms with E-state index in [-0.39, 0.29) is 0 Å². The van der Waals surface area contributed by atoms with Gasteiger partial charge in [-0.2, -0.15) is 0 Å². The zero-order valence-corrected chi connectivity index (χ0v) is 20.1. The van der Waals surface area contributed by atoms with E-state index in [1.165, 1.54) is 38.5 Å². The summed E-state index contributed by atoms with van der Waals surface area (Å²) in [6, 6.07) is 0.474. The minimum Gasteiger partial charge on any atom is -0.379 e. The number of carbonyl (C=O) groups excluding carboxylic acids is 1. The first-order valence-corrected chi connectivity index (χ1v) is 12.6. The van der Waals surface area contributed by atoms with Crippen molar-refractivity contribution in [3.8, 4) is 0 Å². The van der Waals surface area contributed by atoms with Crippen molar-refractivity contribution in [2.75, 3.05) is 13.6 Å². The van der Waals surface area contributed by atoms with Crippen LogP contribution in [0.1, 0.15) is 85.5 Å². The summed E-state index contributed by atoms with van der Waals surface area (Å²) < 4.78 is 0. The van der Waals surface area contributed by atoms with Gasteiger partial charge in [0, 0.05) is 32.5 Å². The molecule has 29 heavy (non-hydrogen) atoms. The molecule has 1 N–H and O–H groups in total. The van der Waals surface area contributed by atoms with Gasteiger partial charge in [0.2, 0.25) is 5.91 Å². The molecule has 0 aromatic rings. The van der Waals surface area contributed by atoms with Crippen LogP contribution < -0.4 is 5.32 Å². The van der Waals surface area contributed by atoms with Crippen LogP contribution in [0.15, 0.2) is 0 Å². The van der Waals surface area contributed by atoms with Crippen LogP contribution in [0.5, 0.6) is 0 Å². The number of hydrogen-bond acceptors (Lipinski definition) is 2. The fraction of sp³-hybridized carbons (Fsp3) is 0.920. The predicted molar refractivity (Wildman–Crippen MR) is 124 cm³/mol. The number of fused-ring (bicyclic) bond motifs is 5. The first kappa shape index (κ1) is 21.6. The Morgan fingerprint density at radius 3 is 2.55 bits per heavy atom. The van der Waals surface area contributed by atoms with Crippen LogP contribution in [0.3, 0.4) is 0 Å². The molecule has 4 heteroatoms. The van der Waals surface area contributed by atoms with Crippen molar-refractivity contribution in [1.82, 2.24) is 10.2 Å². The van der Waals surface area contributed by atoms with Crippen molar-refractivity contribution in [3.63, 3.8) is 0 Å². The molecule has 4 aliphatic rings. The van der Waals surface area contributed by atoms with Gasteiger partial charge in [0.25, 0.3) is 0 Å². The number of likely N-dealkylation sites (tertiary alicyclic amines) is 1. The third-order valence-corrected chi connectivity index (χ3v) is 10.2. The Morgan fingerprint density at radius 1 is 1.10 bits per heavy atom. The Morgan fingerprint density at radius 2 is 1.83 bits per heavy atom. The van der Waals surface area contributed by atoms with Gasteiger partial charge in [-0.15, -0.1) is 0 Å². The molecule has 0 aromatic carbocycles. The summed E-state index contributed by atoms with van der Waals surface area (Å²) in [4.78, 5) is 15.5. The number of carbonyl (C=O) groups is 1. The molecule has 0 bridgehead atoms. The minimum atomic E-state index is 0.335. The number of nitrogens with one attached hydrogen (secondary N) is 1. The molecule has 3 nitrogen and oxygen atoms in total. The van der Waals surface area contributed by atoms with E-state index >= 15 is 0 Å². The molecule has 7 atom stereocenters. The van der Waals surface area contributed by atoms with E-state index in [0.29, 0.717) is 28.7 Å². The van der Waals surface area contributed by atoms with Crippen molar-refractivity contribution < 1.29 is 4.79 Å². The normalized spacial score (nSPS) is 44.3. The fourth-order valence-electron chi connectivity index (χ4n) is 8.27. The fourth-order valence-corrected chi connectivity index (χ4v) is 8.69. The summed E-state index contributed by atoms with van der Waals surface area (Å²) in [6.45, 7) is 10.7. The second-order valence-corrected chi connectivity index (χ2v) is 12.2. The number of nitrogens with zero attached hydrogens (tertiary/aromatic N) is 1. The molecule has 1 saturated heterocycles. The van der Waals surface area contributed by atoms with Gasteiger partial charge in [0.1, 0.15) is 0 Å². The Balaban J connectivity index is 1.46. The van der Waals surface area contributed by atoms with E-state index in [1.54, 1.807) is 0 Å². The predicted octanol–water partition coefficient (Wildman–Crippen LogP) is 5.43. The molecule has 0 radical (unpaired) electrons. The highest BCUT2D eigenvalue weighted by Crippen LogP contribution is 2.66. The van der Waals surface area contributed by atoms with E-state index in [4.69, 9.17) is 12.2 Å². The molecule has 164 valence electrons. The molecule has 2 unspecified atom stereocenters. The number of piperidine rings is 1. The van der Waals surface area contributed by atoms with Gasteiger partial charge in [-0.25, -0.2) is 0 Å². The highest BCUT2D eigenvalue weighted by Gasteiger charge is 2.60. The van der Waals surface area contributed by atoms with Crippen LogP contribution in [-0.2, 0) is 4.79 Å². The maximum Gasteiger partial charge on any atom is 0.222 e. The number of hydrogen-bond donors (Lipinski definition) is 1. The second kappa shape index (κ2) is 7.80. The molecule has 4 rings (SSSR count). The largest absolute Gasteiger partial charge is 0.379 e. The standard InChI is InChI=1S/C25H42N2OS/c1-16(2)14-22(29)26-15-17-6-8-19-18-7-9-21-25(4,13-11-23(28)27(21)5)20(18)10-12-24(17,19)3/h16-21H,6-15H2,1-5H3,(H,26,29)/t17?,18-,19-,20+,21?,24+,25+/m0/s1. The van der Waals surface area contributed by atoms with Crippen molar-refractivity contribution in [3.05, 3.63) is 0 Å². The third kappa shape index (κ3) is 3.55. The molecule has 0 aromatic heterocycles.